The fraction of sp³-hybridized carbons (Fsp3) is 0.409. The van der Waals surface area contributed by atoms with Crippen LogP contribution in [0.4, 0.5) is 16.2 Å². The summed E-state index contributed by atoms with van der Waals surface area (Å²) in [5.41, 5.74) is 2.03. The molecule has 0 radical (unpaired) electrons. The Morgan fingerprint density at radius 3 is 2.21 bits per heavy atom. The molecule has 1 aliphatic heterocycles. The standard InChI is InChI=1S/C22H29N3O3/c26-22(27)25-15-8-7-13-20(25)14-16-28-17-21(23-18-9-3-1-4-10-18)24-19-11-5-2-6-12-19/h1-6,9-12,20-21,23-24H,7-8,13-17H2,(H,26,27). The number of rotatable bonds is 9. The largest absolute Gasteiger partial charge is 0.465 e. The van der Waals surface area contributed by atoms with Crippen LogP contribution in [-0.4, -0.2) is 48.1 Å². The Morgan fingerprint density at radius 1 is 1.04 bits per heavy atom. The molecule has 1 heterocycles. The van der Waals surface area contributed by atoms with Gasteiger partial charge in [0.1, 0.15) is 6.17 Å². The van der Waals surface area contributed by atoms with E-state index in [2.05, 4.69) is 10.6 Å². The second-order valence-electron chi connectivity index (χ2n) is 7.06. The van der Waals surface area contributed by atoms with Gasteiger partial charge in [0.05, 0.1) is 6.61 Å². The van der Waals surface area contributed by atoms with Gasteiger partial charge >= 0.3 is 6.09 Å². The zero-order chi connectivity index (χ0) is 19.6. The molecular weight excluding hydrogens is 354 g/mol. The summed E-state index contributed by atoms with van der Waals surface area (Å²) in [4.78, 5) is 12.9. The SMILES string of the molecule is O=C(O)N1CCCCC1CCOCC(Nc1ccccc1)Nc1ccccc1. The molecule has 3 rings (SSSR count). The second-order valence-corrected chi connectivity index (χ2v) is 7.06. The molecule has 1 unspecified atom stereocenters. The molecule has 0 bridgehead atoms. The van der Waals surface area contributed by atoms with E-state index in [4.69, 9.17) is 4.74 Å². The lowest BCUT2D eigenvalue weighted by molar-refractivity contribution is 0.0729. The van der Waals surface area contributed by atoms with Crippen LogP contribution in [0.1, 0.15) is 25.7 Å². The second kappa shape index (κ2) is 10.6. The van der Waals surface area contributed by atoms with Gasteiger partial charge in [0.2, 0.25) is 0 Å². The van der Waals surface area contributed by atoms with Crippen LogP contribution in [0.3, 0.4) is 0 Å². The number of hydrogen-bond acceptors (Lipinski definition) is 4. The van der Waals surface area contributed by atoms with Gasteiger partial charge in [-0.2, -0.15) is 0 Å². The maximum atomic E-state index is 11.4. The molecule has 0 aromatic heterocycles. The van der Waals surface area contributed by atoms with Gasteiger partial charge in [-0.15, -0.1) is 0 Å². The first-order valence-electron chi connectivity index (χ1n) is 9.93. The Hall–Kier alpha value is -2.73. The van der Waals surface area contributed by atoms with Gasteiger partial charge in [-0.3, -0.25) is 0 Å². The van der Waals surface area contributed by atoms with Crippen molar-refractivity contribution in [1.82, 2.24) is 4.90 Å². The normalized spacial score (nSPS) is 16.8. The minimum atomic E-state index is -0.820. The molecule has 2 aromatic rings. The molecule has 1 fully saturated rings. The fourth-order valence-electron chi connectivity index (χ4n) is 3.56. The van der Waals surface area contributed by atoms with Crippen molar-refractivity contribution >= 4 is 17.5 Å². The van der Waals surface area contributed by atoms with Crippen molar-refractivity contribution in [3.8, 4) is 0 Å². The highest BCUT2D eigenvalue weighted by molar-refractivity contribution is 5.65. The van der Waals surface area contributed by atoms with Crippen LogP contribution in [0.25, 0.3) is 0 Å². The Balaban J connectivity index is 1.51. The quantitative estimate of drug-likeness (QED) is 0.440. The highest BCUT2D eigenvalue weighted by Gasteiger charge is 2.25. The molecule has 1 saturated heterocycles. The number of benzene rings is 2. The Kier molecular flexibility index (Phi) is 7.55. The van der Waals surface area contributed by atoms with Crippen molar-refractivity contribution in [2.75, 3.05) is 30.4 Å². The third-order valence-corrected chi connectivity index (χ3v) is 4.98. The first-order valence-corrected chi connectivity index (χ1v) is 9.93. The van der Waals surface area contributed by atoms with E-state index >= 15 is 0 Å². The number of piperidine rings is 1. The summed E-state index contributed by atoms with van der Waals surface area (Å²) in [6.07, 6.45) is 2.78. The lowest BCUT2D eigenvalue weighted by Gasteiger charge is -2.33. The molecule has 0 aliphatic carbocycles. The summed E-state index contributed by atoms with van der Waals surface area (Å²) in [6, 6.07) is 20.1. The smallest absolute Gasteiger partial charge is 0.407 e. The minimum Gasteiger partial charge on any atom is -0.465 e. The molecule has 28 heavy (non-hydrogen) atoms. The molecular formula is C22H29N3O3. The number of hydrogen-bond donors (Lipinski definition) is 3. The lowest BCUT2D eigenvalue weighted by atomic mass is 10.0. The number of ether oxygens (including phenoxy) is 1. The van der Waals surface area contributed by atoms with Crippen molar-refractivity contribution in [3.63, 3.8) is 0 Å². The molecule has 2 aromatic carbocycles. The van der Waals surface area contributed by atoms with Crippen molar-refractivity contribution < 1.29 is 14.6 Å². The lowest BCUT2D eigenvalue weighted by Crippen LogP contribution is -2.43. The molecule has 6 nitrogen and oxygen atoms in total. The van der Waals surface area contributed by atoms with E-state index in [1.807, 2.05) is 60.7 Å². The third kappa shape index (κ3) is 6.16. The van der Waals surface area contributed by atoms with E-state index in [0.717, 1.165) is 37.1 Å². The Bertz CT molecular complexity index is 670. The molecule has 0 spiro atoms. The van der Waals surface area contributed by atoms with Crippen LogP contribution in [0.15, 0.2) is 60.7 Å². The van der Waals surface area contributed by atoms with Crippen LogP contribution in [0.2, 0.25) is 0 Å². The number of carboxylic acid groups (broad SMARTS) is 1. The number of likely N-dealkylation sites (tertiary alicyclic amines) is 1. The fourth-order valence-corrected chi connectivity index (χ4v) is 3.56. The van der Waals surface area contributed by atoms with Gasteiger partial charge in [-0.05, 0) is 49.9 Å². The van der Waals surface area contributed by atoms with Gasteiger partial charge in [0, 0.05) is 30.6 Å². The number of carbonyl (C=O) groups is 1. The van der Waals surface area contributed by atoms with Crippen molar-refractivity contribution in [2.24, 2.45) is 0 Å². The third-order valence-electron chi connectivity index (χ3n) is 4.98. The van der Waals surface area contributed by atoms with Crippen LogP contribution in [0.5, 0.6) is 0 Å². The molecule has 6 heteroatoms. The summed E-state index contributed by atoms with van der Waals surface area (Å²) in [6.45, 7) is 1.65. The van der Waals surface area contributed by atoms with Gasteiger partial charge in [-0.25, -0.2) is 4.79 Å². The monoisotopic (exact) mass is 383 g/mol. The van der Waals surface area contributed by atoms with Crippen LogP contribution >= 0.6 is 0 Å². The Morgan fingerprint density at radius 2 is 1.64 bits per heavy atom. The van der Waals surface area contributed by atoms with Gasteiger partial charge in [0.15, 0.2) is 0 Å². The zero-order valence-corrected chi connectivity index (χ0v) is 16.1. The number of nitrogens with zero attached hydrogens (tertiary/aromatic N) is 1. The highest BCUT2D eigenvalue weighted by atomic mass is 16.5. The van der Waals surface area contributed by atoms with Crippen LogP contribution in [-0.2, 0) is 4.74 Å². The summed E-state index contributed by atoms with van der Waals surface area (Å²) in [7, 11) is 0. The molecule has 0 saturated carbocycles. The summed E-state index contributed by atoms with van der Waals surface area (Å²) < 4.78 is 5.93. The predicted octanol–water partition coefficient (Wildman–Crippen LogP) is 4.48. The zero-order valence-electron chi connectivity index (χ0n) is 16.1. The number of nitrogens with one attached hydrogen (secondary N) is 2. The van der Waals surface area contributed by atoms with E-state index < -0.39 is 6.09 Å². The molecule has 1 amide bonds. The number of amides is 1. The van der Waals surface area contributed by atoms with Crippen molar-refractivity contribution in [1.29, 1.82) is 0 Å². The van der Waals surface area contributed by atoms with E-state index in [1.54, 1.807) is 4.90 Å². The van der Waals surface area contributed by atoms with Crippen LogP contribution in [0, 0.1) is 0 Å². The first kappa shape index (κ1) is 20.0. The van der Waals surface area contributed by atoms with Crippen molar-refractivity contribution in [2.45, 2.75) is 37.9 Å². The predicted molar refractivity (Wildman–Crippen MR) is 112 cm³/mol. The van der Waals surface area contributed by atoms with Crippen LogP contribution < -0.4 is 10.6 Å². The molecule has 1 aliphatic rings. The summed E-state index contributed by atoms with van der Waals surface area (Å²) in [5.74, 6) is 0. The average molecular weight is 383 g/mol. The molecule has 150 valence electrons. The van der Waals surface area contributed by atoms with E-state index in [0.29, 0.717) is 19.8 Å². The van der Waals surface area contributed by atoms with Gasteiger partial charge in [-0.1, -0.05) is 36.4 Å². The maximum absolute atomic E-state index is 11.4. The average Bonchev–Trinajstić information content (AvgIpc) is 2.73. The highest BCUT2D eigenvalue weighted by Crippen LogP contribution is 2.20. The van der Waals surface area contributed by atoms with E-state index in [-0.39, 0.29) is 12.2 Å². The minimum absolute atomic E-state index is 0.0638. The maximum Gasteiger partial charge on any atom is 0.407 e. The number of anilines is 2. The summed E-state index contributed by atoms with van der Waals surface area (Å²) in [5, 5.41) is 16.3. The Labute approximate surface area is 166 Å². The van der Waals surface area contributed by atoms with E-state index in [9.17, 15) is 9.90 Å². The molecule has 1 atom stereocenters. The summed E-state index contributed by atoms with van der Waals surface area (Å²) >= 11 is 0. The number of para-hydroxylation sites is 2. The van der Waals surface area contributed by atoms with Crippen molar-refractivity contribution in [3.05, 3.63) is 60.7 Å². The van der Waals surface area contributed by atoms with Gasteiger partial charge in [0.25, 0.3) is 0 Å². The topological polar surface area (TPSA) is 73.8 Å². The van der Waals surface area contributed by atoms with Gasteiger partial charge < -0.3 is 25.4 Å². The van der Waals surface area contributed by atoms with E-state index in [1.165, 1.54) is 0 Å². The first-order chi connectivity index (χ1) is 13.7. The molecule has 3 N–H and O–H groups in total.